The van der Waals surface area contributed by atoms with Crippen LogP contribution in [-0.4, -0.2) is 39.7 Å². The van der Waals surface area contributed by atoms with E-state index in [1.807, 2.05) is 54.2 Å². The molecule has 3 aromatic rings. The third kappa shape index (κ3) is 4.65. The topological polar surface area (TPSA) is 58.4 Å². The van der Waals surface area contributed by atoms with Gasteiger partial charge in [-0.2, -0.15) is 5.10 Å². The molecule has 6 heteroatoms. The van der Waals surface area contributed by atoms with Crippen molar-refractivity contribution in [3.8, 4) is 28.6 Å². The van der Waals surface area contributed by atoms with Gasteiger partial charge in [-0.05, 0) is 71.7 Å². The van der Waals surface area contributed by atoms with Gasteiger partial charge < -0.3 is 14.2 Å². The second-order valence-electron chi connectivity index (χ2n) is 9.58. The van der Waals surface area contributed by atoms with E-state index in [1.165, 1.54) is 0 Å². The Morgan fingerprint density at radius 2 is 1.78 bits per heavy atom. The van der Waals surface area contributed by atoms with Crippen molar-refractivity contribution < 1.29 is 14.2 Å². The summed E-state index contributed by atoms with van der Waals surface area (Å²) in [5.74, 6) is 1.68. The molecule has 0 atom stereocenters. The maximum absolute atomic E-state index is 6.31. The number of rotatable bonds is 6. The third-order valence-corrected chi connectivity index (χ3v) is 5.81. The summed E-state index contributed by atoms with van der Waals surface area (Å²) in [4.78, 5) is 4.48. The fourth-order valence-electron chi connectivity index (χ4n) is 4.86. The smallest absolute Gasteiger partial charge is 0.213 e. The van der Waals surface area contributed by atoms with Crippen LogP contribution in [0.2, 0.25) is 0 Å². The molecule has 1 aliphatic heterocycles. The van der Waals surface area contributed by atoms with Crippen LogP contribution in [0.4, 0.5) is 0 Å². The van der Waals surface area contributed by atoms with Crippen LogP contribution in [0.15, 0.2) is 48.7 Å². The van der Waals surface area contributed by atoms with Crippen molar-refractivity contribution in [3.05, 3.63) is 54.4 Å². The lowest BCUT2D eigenvalue weighted by Crippen LogP contribution is -2.44. The Kier molecular flexibility index (Phi) is 5.99. The van der Waals surface area contributed by atoms with Gasteiger partial charge in [0.05, 0.1) is 36.3 Å². The number of benzene rings is 1. The number of aromatic nitrogens is 3. The van der Waals surface area contributed by atoms with Crippen LogP contribution in [0.5, 0.6) is 11.6 Å². The molecule has 170 valence electrons. The van der Waals surface area contributed by atoms with Crippen molar-refractivity contribution in [2.45, 2.75) is 64.6 Å². The summed E-state index contributed by atoms with van der Waals surface area (Å²) in [6.45, 7) is 11.2. The third-order valence-electron chi connectivity index (χ3n) is 5.81. The van der Waals surface area contributed by atoms with E-state index in [9.17, 15) is 0 Å². The van der Waals surface area contributed by atoms with Crippen molar-refractivity contribution in [1.29, 1.82) is 0 Å². The van der Waals surface area contributed by atoms with Gasteiger partial charge in [0.1, 0.15) is 11.4 Å². The first-order chi connectivity index (χ1) is 15.2. The van der Waals surface area contributed by atoms with Crippen LogP contribution in [0.25, 0.3) is 16.9 Å². The summed E-state index contributed by atoms with van der Waals surface area (Å²) in [6, 6.07) is 14.1. The second-order valence-corrected chi connectivity index (χ2v) is 9.58. The molecule has 1 saturated heterocycles. The average molecular weight is 436 g/mol. The van der Waals surface area contributed by atoms with Crippen molar-refractivity contribution >= 4 is 0 Å². The molecule has 0 unspecified atom stereocenters. The highest BCUT2D eigenvalue weighted by Gasteiger charge is 2.41. The Morgan fingerprint density at radius 1 is 1.06 bits per heavy atom. The zero-order chi connectivity index (χ0) is 22.9. The summed E-state index contributed by atoms with van der Waals surface area (Å²) in [5, 5.41) is 5.10. The quantitative estimate of drug-likeness (QED) is 0.490. The molecule has 1 aromatic carbocycles. The molecule has 1 aliphatic rings. The van der Waals surface area contributed by atoms with Gasteiger partial charge in [0.25, 0.3) is 0 Å². The van der Waals surface area contributed by atoms with Gasteiger partial charge in [0.15, 0.2) is 0 Å². The van der Waals surface area contributed by atoms with E-state index >= 15 is 0 Å². The van der Waals surface area contributed by atoms with E-state index in [-0.39, 0.29) is 11.2 Å². The first-order valence-corrected chi connectivity index (χ1v) is 11.2. The summed E-state index contributed by atoms with van der Waals surface area (Å²) in [6.07, 6.45) is 3.68. The monoisotopic (exact) mass is 435 g/mol. The molecule has 32 heavy (non-hydrogen) atoms. The Balaban J connectivity index is 1.82. The number of para-hydroxylation sites is 2. The molecular weight excluding hydrogens is 402 g/mol. The fraction of sp³-hybridized carbons (Fsp3) is 0.462. The summed E-state index contributed by atoms with van der Waals surface area (Å²) < 4.78 is 19.5. The van der Waals surface area contributed by atoms with Crippen molar-refractivity contribution in [1.82, 2.24) is 14.8 Å². The van der Waals surface area contributed by atoms with E-state index in [4.69, 9.17) is 19.3 Å². The summed E-state index contributed by atoms with van der Waals surface area (Å²) >= 11 is 0. The molecule has 0 saturated carbocycles. The minimum absolute atomic E-state index is 0.207. The molecule has 0 spiro atoms. The van der Waals surface area contributed by atoms with Gasteiger partial charge in [0, 0.05) is 23.7 Å². The lowest BCUT2D eigenvalue weighted by Gasteiger charge is -2.45. The van der Waals surface area contributed by atoms with Crippen LogP contribution in [0.3, 0.4) is 0 Å². The van der Waals surface area contributed by atoms with Gasteiger partial charge >= 0.3 is 0 Å². The zero-order valence-corrected chi connectivity index (χ0v) is 19.9. The normalized spacial score (nSPS) is 17.8. The molecule has 1 fully saturated rings. The van der Waals surface area contributed by atoms with Gasteiger partial charge in [-0.25, -0.2) is 9.67 Å². The van der Waals surface area contributed by atoms with Crippen LogP contribution < -0.4 is 9.47 Å². The SMILES string of the molecule is CCOc1ccc(-c2cc(C3CC(C)(C)OC(C)(C)C3)nn2-c2ccccc2OC)cn1. The van der Waals surface area contributed by atoms with E-state index < -0.39 is 0 Å². The minimum atomic E-state index is -0.207. The molecule has 2 aromatic heterocycles. The number of hydrogen-bond acceptors (Lipinski definition) is 5. The first kappa shape index (κ1) is 22.3. The van der Waals surface area contributed by atoms with Crippen LogP contribution in [0.1, 0.15) is 59.1 Å². The number of methoxy groups -OCH3 is 1. The number of nitrogens with zero attached hydrogens (tertiary/aromatic N) is 3. The van der Waals surface area contributed by atoms with Gasteiger partial charge in [-0.1, -0.05) is 12.1 Å². The molecule has 4 rings (SSSR count). The van der Waals surface area contributed by atoms with E-state index in [0.717, 1.165) is 41.2 Å². The molecule has 0 radical (unpaired) electrons. The largest absolute Gasteiger partial charge is 0.494 e. The van der Waals surface area contributed by atoms with Crippen molar-refractivity contribution in [2.24, 2.45) is 0 Å². The van der Waals surface area contributed by atoms with E-state index in [1.54, 1.807) is 7.11 Å². The summed E-state index contributed by atoms with van der Waals surface area (Å²) in [5.41, 5.74) is 3.49. The van der Waals surface area contributed by atoms with Crippen LogP contribution in [-0.2, 0) is 4.74 Å². The number of pyridine rings is 1. The highest BCUT2D eigenvalue weighted by molar-refractivity contribution is 5.64. The summed E-state index contributed by atoms with van der Waals surface area (Å²) in [7, 11) is 1.69. The molecule has 0 N–H and O–H groups in total. The first-order valence-electron chi connectivity index (χ1n) is 11.2. The van der Waals surface area contributed by atoms with Crippen LogP contribution in [0, 0.1) is 0 Å². The van der Waals surface area contributed by atoms with E-state index in [2.05, 4.69) is 38.7 Å². The Hall–Kier alpha value is -2.86. The molecule has 0 aliphatic carbocycles. The molecule has 0 amide bonds. The van der Waals surface area contributed by atoms with Gasteiger partial charge in [-0.15, -0.1) is 0 Å². The van der Waals surface area contributed by atoms with Crippen molar-refractivity contribution in [3.63, 3.8) is 0 Å². The molecular formula is C26H33N3O3. The number of ether oxygens (including phenoxy) is 3. The van der Waals surface area contributed by atoms with E-state index in [0.29, 0.717) is 18.4 Å². The highest BCUT2D eigenvalue weighted by Crippen LogP contribution is 2.44. The Morgan fingerprint density at radius 3 is 2.41 bits per heavy atom. The fourth-order valence-corrected chi connectivity index (χ4v) is 4.86. The maximum atomic E-state index is 6.31. The predicted molar refractivity (Wildman–Crippen MR) is 126 cm³/mol. The molecule has 6 nitrogen and oxygen atoms in total. The average Bonchev–Trinajstić information content (AvgIpc) is 3.18. The number of hydrogen-bond donors (Lipinski definition) is 0. The Bertz CT molecular complexity index is 1050. The molecule has 0 bridgehead atoms. The maximum Gasteiger partial charge on any atom is 0.213 e. The standard InChI is InChI=1S/C26H33N3O3/c1-7-31-24-13-12-18(17-27-24)22-14-20(19-15-25(2,3)32-26(4,5)16-19)28-29(22)21-10-8-9-11-23(21)30-6/h8-14,17,19H,7,15-16H2,1-6H3. The minimum Gasteiger partial charge on any atom is -0.494 e. The highest BCUT2D eigenvalue weighted by atomic mass is 16.5. The van der Waals surface area contributed by atoms with Crippen LogP contribution >= 0.6 is 0 Å². The lowest BCUT2D eigenvalue weighted by molar-refractivity contribution is -0.162. The predicted octanol–water partition coefficient (Wildman–Crippen LogP) is 5.79. The van der Waals surface area contributed by atoms with Gasteiger partial charge in [0.2, 0.25) is 5.88 Å². The lowest BCUT2D eigenvalue weighted by atomic mass is 9.79. The van der Waals surface area contributed by atoms with Crippen molar-refractivity contribution in [2.75, 3.05) is 13.7 Å². The Labute approximate surface area is 190 Å². The second kappa shape index (κ2) is 8.58. The van der Waals surface area contributed by atoms with Gasteiger partial charge in [-0.3, -0.25) is 0 Å². The molecule has 3 heterocycles. The zero-order valence-electron chi connectivity index (χ0n) is 19.9.